The number of likely N-dealkylation sites (N-methyl/N-ethyl adjacent to an activating group) is 1. The summed E-state index contributed by atoms with van der Waals surface area (Å²) in [5.74, 6) is 0. The zero-order valence-electron chi connectivity index (χ0n) is 10.7. The van der Waals surface area contributed by atoms with Crippen LogP contribution in [0.2, 0.25) is 10.0 Å². The van der Waals surface area contributed by atoms with E-state index < -0.39 is 0 Å². The monoisotopic (exact) mass is 294 g/mol. The van der Waals surface area contributed by atoms with Crippen LogP contribution in [0.5, 0.6) is 0 Å². The largest absolute Gasteiger partial charge is 0.316 e. The fraction of sp³-hybridized carbons (Fsp3) is 0.267. The summed E-state index contributed by atoms with van der Waals surface area (Å²) in [4.78, 5) is 4.00. The second-order valence-corrected chi connectivity index (χ2v) is 5.33. The highest BCUT2D eigenvalue weighted by molar-refractivity contribution is 6.31. The predicted molar refractivity (Wildman–Crippen MR) is 81.0 cm³/mol. The lowest BCUT2D eigenvalue weighted by molar-refractivity contribution is 0.556. The average molecular weight is 295 g/mol. The van der Waals surface area contributed by atoms with E-state index in [0.717, 1.165) is 28.5 Å². The Bertz CT molecular complexity index is 526. The van der Waals surface area contributed by atoms with Gasteiger partial charge in [0, 0.05) is 23.5 Å². The van der Waals surface area contributed by atoms with E-state index in [1.807, 2.05) is 25.2 Å². The Labute approximate surface area is 123 Å². The Balaban J connectivity index is 2.05. The number of pyridine rings is 1. The topological polar surface area (TPSA) is 24.9 Å². The molecule has 1 atom stereocenters. The van der Waals surface area contributed by atoms with Crippen molar-refractivity contribution < 1.29 is 0 Å². The third kappa shape index (κ3) is 4.20. The maximum Gasteiger partial charge on any atom is 0.0621 e. The molecule has 0 saturated heterocycles. The summed E-state index contributed by atoms with van der Waals surface area (Å²) >= 11 is 12.0. The van der Waals surface area contributed by atoms with E-state index in [1.165, 1.54) is 5.56 Å². The Hall–Kier alpha value is -1.09. The molecule has 0 bridgehead atoms. The summed E-state index contributed by atoms with van der Waals surface area (Å²) in [6.07, 6.45) is 5.27. The summed E-state index contributed by atoms with van der Waals surface area (Å²) < 4.78 is 0. The summed E-state index contributed by atoms with van der Waals surface area (Å²) in [6.45, 7) is 0. The van der Waals surface area contributed by atoms with Gasteiger partial charge in [-0.15, -0.1) is 0 Å². The molecule has 1 unspecified atom stereocenters. The third-order valence-electron chi connectivity index (χ3n) is 3.13. The van der Waals surface area contributed by atoms with E-state index in [0.29, 0.717) is 6.04 Å². The van der Waals surface area contributed by atoms with Crippen LogP contribution < -0.4 is 5.32 Å². The average Bonchev–Trinajstić information content (AvgIpc) is 2.43. The smallest absolute Gasteiger partial charge is 0.0621 e. The molecule has 0 spiro atoms. The molecule has 4 heteroatoms. The third-order valence-corrected chi connectivity index (χ3v) is 3.72. The van der Waals surface area contributed by atoms with E-state index in [9.17, 15) is 0 Å². The molecule has 0 amide bonds. The highest BCUT2D eigenvalue weighted by Gasteiger charge is 2.10. The van der Waals surface area contributed by atoms with Gasteiger partial charge >= 0.3 is 0 Å². The molecule has 0 radical (unpaired) electrons. The molecule has 2 rings (SSSR count). The van der Waals surface area contributed by atoms with Crippen molar-refractivity contribution in [2.75, 3.05) is 7.05 Å². The van der Waals surface area contributed by atoms with Gasteiger partial charge in [-0.25, -0.2) is 0 Å². The fourth-order valence-electron chi connectivity index (χ4n) is 2.02. The number of nitrogens with zero attached hydrogens (tertiary/aromatic N) is 1. The second kappa shape index (κ2) is 6.90. The molecule has 0 saturated carbocycles. The van der Waals surface area contributed by atoms with Crippen LogP contribution in [0.15, 0.2) is 42.7 Å². The molecule has 1 heterocycles. The molecule has 100 valence electrons. The van der Waals surface area contributed by atoms with Gasteiger partial charge in [0.15, 0.2) is 0 Å². The molecular weight excluding hydrogens is 279 g/mol. The summed E-state index contributed by atoms with van der Waals surface area (Å²) in [6, 6.07) is 10.3. The van der Waals surface area contributed by atoms with Gasteiger partial charge in [0.05, 0.1) is 5.02 Å². The molecule has 2 aromatic rings. The normalized spacial score (nSPS) is 12.4. The molecule has 1 aromatic carbocycles. The van der Waals surface area contributed by atoms with Crippen LogP contribution in [0.25, 0.3) is 0 Å². The molecule has 1 aromatic heterocycles. The minimum atomic E-state index is 0.334. The van der Waals surface area contributed by atoms with E-state index in [2.05, 4.69) is 22.4 Å². The van der Waals surface area contributed by atoms with Crippen LogP contribution in [-0.2, 0) is 12.8 Å². The number of hydrogen-bond acceptors (Lipinski definition) is 2. The minimum Gasteiger partial charge on any atom is -0.316 e. The lowest BCUT2D eigenvalue weighted by Crippen LogP contribution is -2.30. The van der Waals surface area contributed by atoms with Crippen molar-refractivity contribution in [3.8, 4) is 0 Å². The van der Waals surface area contributed by atoms with Crippen molar-refractivity contribution in [3.63, 3.8) is 0 Å². The van der Waals surface area contributed by atoms with Crippen molar-refractivity contribution in [2.24, 2.45) is 0 Å². The van der Waals surface area contributed by atoms with Crippen molar-refractivity contribution in [1.82, 2.24) is 10.3 Å². The summed E-state index contributed by atoms with van der Waals surface area (Å²) in [5, 5.41) is 4.82. The first-order valence-electron chi connectivity index (χ1n) is 6.19. The van der Waals surface area contributed by atoms with Gasteiger partial charge in [-0.2, -0.15) is 0 Å². The van der Waals surface area contributed by atoms with Crippen LogP contribution in [0.1, 0.15) is 11.1 Å². The number of benzene rings is 1. The zero-order chi connectivity index (χ0) is 13.7. The van der Waals surface area contributed by atoms with Gasteiger partial charge in [-0.05, 0) is 49.2 Å². The second-order valence-electron chi connectivity index (χ2n) is 4.49. The number of nitrogens with one attached hydrogen (secondary N) is 1. The lowest BCUT2D eigenvalue weighted by atomic mass is 10.00. The van der Waals surface area contributed by atoms with Crippen LogP contribution in [0.4, 0.5) is 0 Å². The first-order valence-corrected chi connectivity index (χ1v) is 6.94. The number of hydrogen-bond donors (Lipinski definition) is 1. The quantitative estimate of drug-likeness (QED) is 0.908. The highest BCUT2D eigenvalue weighted by atomic mass is 35.5. The van der Waals surface area contributed by atoms with Crippen LogP contribution in [-0.4, -0.2) is 18.1 Å². The molecule has 1 N–H and O–H groups in total. The molecular formula is C15H16Cl2N2. The Kier molecular flexibility index (Phi) is 5.20. The van der Waals surface area contributed by atoms with E-state index in [-0.39, 0.29) is 0 Å². The number of aromatic nitrogens is 1. The van der Waals surface area contributed by atoms with Crippen molar-refractivity contribution in [3.05, 3.63) is 63.9 Å². The number of halogens is 2. The van der Waals surface area contributed by atoms with Gasteiger partial charge in [0.25, 0.3) is 0 Å². The van der Waals surface area contributed by atoms with Crippen LogP contribution in [0.3, 0.4) is 0 Å². The number of rotatable bonds is 5. The maximum absolute atomic E-state index is 6.14. The van der Waals surface area contributed by atoms with Gasteiger partial charge in [-0.3, -0.25) is 4.98 Å². The van der Waals surface area contributed by atoms with Gasteiger partial charge in [0.1, 0.15) is 0 Å². The summed E-state index contributed by atoms with van der Waals surface area (Å²) in [7, 11) is 1.97. The van der Waals surface area contributed by atoms with E-state index in [4.69, 9.17) is 23.2 Å². The SMILES string of the molecule is CNC(Cc1ccc(Cl)cc1)Cc1ccncc1Cl. The van der Waals surface area contributed by atoms with Crippen molar-refractivity contribution in [2.45, 2.75) is 18.9 Å². The van der Waals surface area contributed by atoms with E-state index >= 15 is 0 Å². The molecule has 2 nitrogen and oxygen atoms in total. The van der Waals surface area contributed by atoms with Crippen molar-refractivity contribution >= 4 is 23.2 Å². The van der Waals surface area contributed by atoms with Crippen molar-refractivity contribution in [1.29, 1.82) is 0 Å². The Morgan fingerprint density at radius 3 is 2.47 bits per heavy atom. The molecule has 19 heavy (non-hydrogen) atoms. The molecule has 0 aliphatic rings. The molecule has 0 fully saturated rings. The lowest BCUT2D eigenvalue weighted by Gasteiger charge is -2.17. The van der Waals surface area contributed by atoms with Gasteiger partial charge in [0.2, 0.25) is 0 Å². The maximum atomic E-state index is 6.14. The Morgan fingerprint density at radius 2 is 1.84 bits per heavy atom. The first kappa shape index (κ1) is 14.3. The summed E-state index contributed by atoms with van der Waals surface area (Å²) in [5.41, 5.74) is 2.37. The van der Waals surface area contributed by atoms with Gasteiger partial charge < -0.3 is 5.32 Å². The van der Waals surface area contributed by atoms with E-state index in [1.54, 1.807) is 12.4 Å². The standard InChI is InChI=1S/C15H16Cl2N2/c1-18-14(8-11-2-4-13(16)5-3-11)9-12-6-7-19-10-15(12)17/h2-7,10,14,18H,8-9H2,1H3. The molecule has 0 aliphatic heterocycles. The highest BCUT2D eigenvalue weighted by Crippen LogP contribution is 2.17. The van der Waals surface area contributed by atoms with Gasteiger partial charge in [-0.1, -0.05) is 35.3 Å². The first-order chi connectivity index (χ1) is 9.19. The minimum absolute atomic E-state index is 0.334. The van der Waals surface area contributed by atoms with Crippen LogP contribution >= 0.6 is 23.2 Å². The predicted octanol–water partition coefficient (Wildman–Crippen LogP) is 3.76. The zero-order valence-corrected chi connectivity index (χ0v) is 12.2. The molecule has 0 aliphatic carbocycles. The van der Waals surface area contributed by atoms with Crippen LogP contribution in [0, 0.1) is 0 Å². The fourth-order valence-corrected chi connectivity index (χ4v) is 2.34. The Morgan fingerprint density at radius 1 is 1.11 bits per heavy atom.